The van der Waals surface area contributed by atoms with E-state index < -0.39 is 12.0 Å². The summed E-state index contributed by atoms with van der Waals surface area (Å²) in [7, 11) is 0. The van der Waals surface area contributed by atoms with Crippen LogP contribution in [0.25, 0.3) is 0 Å². The second-order valence-corrected chi connectivity index (χ2v) is 4.92. The summed E-state index contributed by atoms with van der Waals surface area (Å²) in [6.45, 7) is 0.423. The summed E-state index contributed by atoms with van der Waals surface area (Å²) in [4.78, 5) is 11.6. The van der Waals surface area contributed by atoms with Crippen LogP contribution in [0.4, 0.5) is 8.78 Å². The van der Waals surface area contributed by atoms with Gasteiger partial charge in [0.2, 0.25) is 5.91 Å². The molecule has 0 spiro atoms. The molecule has 1 amide bonds. The molecule has 0 aliphatic carbocycles. The lowest BCUT2D eigenvalue weighted by atomic mass is 10.0. The molecule has 0 aromatic carbocycles. The Bertz CT molecular complexity index is 381. The molecular weight excluding hydrogens is 246 g/mol. The molecule has 6 heteroatoms. The zero-order chi connectivity index (χ0) is 12.3. The highest BCUT2D eigenvalue weighted by Crippen LogP contribution is 2.25. The predicted molar refractivity (Wildman–Crippen MR) is 62.4 cm³/mol. The number of carbonyl (C=O) groups excluding carboxylic acids is 1. The molecule has 2 heterocycles. The van der Waals surface area contributed by atoms with Gasteiger partial charge in [-0.15, -0.1) is 0 Å². The van der Waals surface area contributed by atoms with E-state index in [4.69, 9.17) is 0 Å². The Morgan fingerprint density at radius 1 is 1.65 bits per heavy atom. The predicted octanol–water partition coefficient (Wildman–Crippen LogP) is 1.40. The van der Waals surface area contributed by atoms with Crippen LogP contribution in [0.3, 0.4) is 0 Å². The lowest BCUT2D eigenvalue weighted by Crippen LogP contribution is -2.57. The van der Waals surface area contributed by atoms with E-state index in [-0.39, 0.29) is 25.3 Å². The molecule has 2 rings (SSSR count). The SMILES string of the molecule is O=C(Cc1ccsc1)NC1CNCCC1(F)F. The Labute approximate surface area is 102 Å². The monoisotopic (exact) mass is 260 g/mol. The molecule has 1 aliphatic rings. The zero-order valence-electron chi connectivity index (χ0n) is 9.21. The molecule has 1 unspecified atom stereocenters. The first-order chi connectivity index (χ1) is 8.08. The number of halogens is 2. The summed E-state index contributed by atoms with van der Waals surface area (Å²) < 4.78 is 26.9. The molecule has 1 saturated heterocycles. The van der Waals surface area contributed by atoms with E-state index in [1.807, 2.05) is 16.8 Å². The first-order valence-corrected chi connectivity index (χ1v) is 6.41. The Hall–Kier alpha value is -1.01. The third kappa shape index (κ3) is 3.23. The lowest BCUT2D eigenvalue weighted by Gasteiger charge is -2.32. The van der Waals surface area contributed by atoms with Crippen molar-refractivity contribution in [2.45, 2.75) is 24.8 Å². The summed E-state index contributed by atoms with van der Waals surface area (Å²) in [5, 5.41) is 8.97. The van der Waals surface area contributed by atoms with Gasteiger partial charge in [0.25, 0.3) is 5.92 Å². The molecule has 2 N–H and O–H groups in total. The smallest absolute Gasteiger partial charge is 0.270 e. The van der Waals surface area contributed by atoms with Gasteiger partial charge in [-0.1, -0.05) is 0 Å². The third-order valence-corrected chi connectivity index (χ3v) is 3.51. The van der Waals surface area contributed by atoms with Crippen molar-refractivity contribution >= 4 is 17.2 Å². The maximum atomic E-state index is 13.5. The van der Waals surface area contributed by atoms with E-state index in [1.54, 1.807) is 0 Å². The summed E-state index contributed by atoms with van der Waals surface area (Å²) in [6, 6.07) is 0.726. The van der Waals surface area contributed by atoms with Crippen molar-refractivity contribution in [1.82, 2.24) is 10.6 Å². The van der Waals surface area contributed by atoms with E-state index in [9.17, 15) is 13.6 Å². The fraction of sp³-hybridized carbons (Fsp3) is 0.545. The van der Waals surface area contributed by atoms with Crippen molar-refractivity contribution in [1.29, 1.82) is 0 Å². The normalized spacial score (nSPS) is 23.3. The molecule has 1 aliphatic heterocycles. The van der Waals surface area contributed by atoms with Crippen molar-refractivity contribution in [3.63, 3.8) is 0 Å². The average molecular weight is 260 g/mol. The minimum Gasteiger partial charge on any atom is -0.346 e. The number of alkyl halides is 2. The van der Waals surface area contributed by atoms with Crippen LogP contribution in [-0.2, 0) is 11.2 Å². The van der Waals surface area contributed by atoms with Crippen molar-refractivity contribution < 1.29 is 13.6 Å². The van der Waals surface area contributed by atoms with Gasteiger partial charge in [0.15, 0.2) is 0 Å². The molecule has 1 fully saturated rings. The molecule has 1 atom stereocenters. The Balaban J connectivity index is 1.89. The van der Waals surface area contributed by atoms with Gasteiger partial charge in [-0.3, -0.25) is 4.79 Å². The molecule has 1 aromatic heterocycles. The molecule has 0 saturated carbocycles. The highest BCUT2D eigenvalue weighted by molar-refractivity contribution is 7.07. The minimum absolute atomic E-state index is 0.127. The van der Waals surface area contributed by atoms with Crippen LogP contribution < -0.4 is 10.6 Å². The van der Waals surface area contributed by atoms with Crippen LogP contribution in [0.2, 0.25) is 0 Å². The summed E-state index contributed by atoms with van der Waals surface area (Å²) in [6.07, 6.45) is -0.0630. The standard InChI is InChI=1S/C11H14F2N2OS/c12-11(13)2-3-14-6-9(11)15-10(16)5-8-1-4-17-7-8/h1,4,7,9,14H,2-3,5-6H2,(H,15,16). The van der Waals surface area contributed by atoms with Crippen molar-refractivity contribution in [2.75, 3.05) is 13.1 Å². The molecule has 3 nitrogen and oxygen atoms in total. The molecule has 0 bridgehead atoms. The van der Waals surface area contributed by atoms with Gasteiger partial charge in [-0.05, 0) is 22.4 Å². The van der Waals surface area contributed by atoms with Crippen molar-refractivity contribution in [2.24, 2.45) is 0 Å². The maximum absolute atomic E-state index is 13.5. The minimum atomic E-state index is -2.81. The number of hydrogen-bond donors (Lipinski definition) is 2. The fourth-order valence-corrected chi connectivity index (χ4v) is 2.47. The summed E-state index contributed by atoms with van der Waals surface area (Å²) in [5.41, 5.74) is 0.861. The lowest BCUT2D eigenvalue weighted by molar-refractivity contribution is -0.126. The second-order valence-electron chi connectivity index (χ2n) is 4.14. The first-order valence-electron chi connectivity index (χ1n) is 5.47. The van der Waals surface area contributed by atoms with E-state index in [1.165, 1.54) is 11.3 Å². The number of thiophene rings is 1. The third-order valence-electron chi connectivity index (χ3n) is 2.77. The highest BCUT2D eigenvalue weighted by atomic mass is 32.1. The van der Waals surface area contributed by atoms with Crippen molar-refractivity contribution in [3.05, 3.63) is 22.4 Å². The van der Waals surface area contributed by atoms with Crippen molar-refractivity contribution in [3.8, 4) is 0 Å². The molecule has 0 radical (unpaired) electrons. The molecule has 94 valence electrons. The topological polar surface area (TPSA) is 41.1 Å². The van der Waals surface area contributed by atoms with Crippen LogP contribution in [0, 0.1) is 0 Å². The van der Waals surface area contributed by atoms with Gasteiger partial charge in [-0.2, -0.15) is 11.3 Å². The number of carbonyl (C=O) groups is 1. The van der Waals surface area contributed by atoms with Gasteiger partial charge in [0.05, 0.1) is 6.42 Å². The first kappa shape index (κ1) is 12.4. The Kier molecular flexibility index (Phi) is 3.73. The summed E-state index contributed by atoms with van der Waals surface area (Å²) in [5.74, 6) is -3.16. The largest absolute Gasteiger partial charge is 0.346 e. The number of hydrogen-bond acceptors (Lipinski definition) is 3. The van der Waals surface area contributed by atoms with E-state index in [0.717, 1.165) is 5.56 Å². The molecule has 1 aromatic rings. The molecule has 17 heavy (non-hydrogen) atoms. The van der Waals surface area contributed by atoms with E-state index in [0.29, 0.717) is 6.54 Å². The van der Waals surface area contributed by atoms with Gasteiger partial charge in [0.1, 0.15) is 6.04 Å². The molecular formula is C11H14F2N2OS. The Morgan fingerprint density at radius 2 is 2.47 bits per heavy atom. The van der Waals surface area contributed by atoms with Crippen LogP contribution in [-0.4, -0.2) is 31.0 Å². The zero-order valence-corrected chi connectivity index (χ0v) is 10.0. The van der Waals surface area contributed by atoms with Gasteiger partial charge >= 0.3 is 0 Å². The fourth-order valence-electron chi connectivity index (χ4n) is 1.81. The van der Waals surface area contributed by atoms with Gasteiger partial charge < -0.3 is 10.6 Å². The quantitative estimate of drug-likeness (QED) is 0.862. The van der Waals surface area contributed by atoms with Crippen LogP contribution in [0.5, 0.6) is 0 Å². The van der Waals surface area contributed by atoms with Crippen LogP contribution in [0.15, 0.2) is 16.8 Å². The van der Waals surface area contributed by atoms with Crippen LogP contribution >= 0.6 is 11.3 Å². The number of piperidine rings is 1. The van der Waals surface area contributed by atoms with E-state index >= 15 is 0 Å². The summed E-state index contributed by atoms with van der Waals surface area (Å²) >= 11 is 1.49. The van der Waals surface area contributed by atoms with Gasteiger partial charge in [0, 0.05) is 19.5 Å². The van der Waals surface area contributed by atoms with E-state index in [2.05, 4.69) is 10.6 Å². The maximum Gasteiger partial charge on any atom is 0.270 e. The Morgan fingerprint density at radius 3 is 3.12 bits per heavy atom. The average Bonchev–Trinajstić information content (AvgIpc) is 2.73. The number of amides is 1. The number of rotatable bonds is 3. The number of nitrogens with one attached hydrogen (secondary N) is 2. The second kappa shape index (κ2) is 5.10. The highest BCUT2D eigenvalue weighted by Gasteiger charge is 2.42. The van der Waals surface area contributed by atoms with Crippen LogP contribution in [0.1, 0.15) is 12.0 Å². The van der Waals surface area contributed by atoms with Gasteiger partial charge in [-0.25, -0.2) is 8.78 Å².